The summed E-state index contributed by atoms with van der Waals surface area (Å²) in [6, 6.07) is 11.9. The number of hydrogen-bond acceptors (Lipinski definition) is 5. The molecule has 2 fully saturated rings. The summed E-state index contributed by atoms with van der Waals surface area (Å²) in [6.45, 7) is 5.02. The molecule has 2 N–H and O–H groups in total. The van der Waals surface area contributed by atoms with Gasteiger partial charge in [-0.05, 0) is 73.6 Å². The minimum atomic E-state index is -3.70. The predicted octanol–water partition coefficient (Wildman–Crippen LogP) is 3.05. The van der Waals surface area contributed by atoms with E-state index >= 15 is 0 Å². The molecule has 2 atom stereocenters. The number of hydrogen-bond donors (Lipinski definition) is 2. The van der Waals surface area contributed by atoms with Crippen molar-refractivity contribution >= 4 is 31.6 Å². The van der Waals surface area contributed by atoms with Gasteiger partial charge in [0.25, 0.3) is 5.91 Å². The number of benzene rings is 2. The lowest BCUT2D eigenvalue weighted by atomic mass is 9.94. The first-order valence-corrected chi connectivity index (χ1v) is 14.0. The van der Waals surface area contributed by atoms with E-state index in [1.54, 1.807) is 12.1 Å². The van der Waals surface area contributed by atoms with E-state index in [9.17, 15) is 21.6 Å². The molecule has 1 aliphatic heterocycles. The van der Waals surface area contributed by atoms with Gasteiger partial charge in [0.1, 0.15) is 0 Å². The van der Waals surface area contributed by atoms with E-state index in [-0.39, 0.29) is 33.2 Å². The van der Waals surface area contributed by atoms with Crippen LogP contribution in [0.3, 0.4) is 0 Å². The van der Waals surface area contributed by atoms with Crippen molar-refractivity contribution in [3.8, 4) is 0 Å². The molecule has 8 nitrogen and oxygen atoms in total. The van der Waals surface area contributed by atoms with Crippen molar-refractivity contribution in [2.75, 3.05) is 18.4 Å². The van der Waals surface area contributed by atoms with Gasteiger partial charge in [0, 0.05) is 30.4 Å². The zero-order valence-electron chi connectivity index (χ0n) is 18.7. The van der Waals surface area contributed by atoms with E-state index in [4.69, 9.17) is 0 Å². The maximum Gasteiger partial charge on any atom is 0.255 e. The Balaban J connectivity index is 1.47. The molecule has 0 radical (unpaired) electrons. The van der Waals surface area contributed by atoms with Gasteiger partial charge in [-0.15, -0.1) is 0 Å². The molecule has 2 aromatic carbocycles. The van der Waals surface area contributed by atoms with E-state index in [0.29, 0.717) is 18.8 Å². The topological polar surface area (TPSA) is 113 Å². The fourth-order valence-electron chi connectivity index (χ4n) is 4.16. The first-order valence-electron chi connectivity index (χ1n) is 11.1. The van der Waals surface area contributed by atoms with Crippen molar-refractivity contribution in [1.29, 1.82) is 0 Å². The van der Waals surface area contributed by atoms with Gasteiger partial charge in [-0.25, -0.2) is 21.6 Å². The number of nitrogens with one attached hydrogen (secondary N) is 2. The van der Waals surface area contributed by atoms with Gasteiger partial charge < -0.3 is 5.32 Å². The van der Waals surface area contributed by atoms with Crippen LogP contribution in [0.25, 0.3) is 0 Å². The van der Waals surface area contributed by atoms with E-state index < -0.39 is 26.0 Å². The number of carbonyl (C=O) groups excluding carboxylic acids is 1. The second kappa shape index (κ2) is 9.17. The van der Waals surface area contributed by atoms with Crippen LogP contribution in [-0.4, -0.2) is 46.2 Å². The summed E-state index contributed by atoms with van der Waals surface area (Å²) in [5.74, 6) is 0.0849. The van der Waals surface area contributed by atoms with Crippen molar-refractivity contribution in [2.45, 2.75) is 48.9 Å². The molecule has 1 saturated heterocycles. The molecule has 0 aromatic heterocycles. The highest BCUT2D eigenvalue weighted by Crippen LogP contribution is 2.27. The molecule has 2 aliphatic rings. The Kier molecular flexibility index (Phi) is 6.63. The number of sulfonamides is 2. The Morgan fingerprint density at radius 1 is 0.909 bits per heavy atom. The van der Waals surface area contributed by atoms with Crippen LogP contribution in [0.1, 0.15) is 43.5 Å². The van der Waals surface area contributed by atoms with E-state index in [0.717, 1.165) is 19.3 Å². The van der Waals surface area contributed by atoms with Crippen molar-refractivity contribution in [2.24, 2.45) is 11.8 Å². The summed E-state index contributed by atoms with van der Waals surface area (Å²) in [5, 5.41) is 2.70. The fourth-order valence-corrected chi connectivity index (χ4v) is 7.19. The van der Waals surface area contributed by atoms with Crippen molar-refractivity contribution in [1.82, 2.24) is 9.03 Å². The lowest BCUT2D eigenvalue weighted by molar-refractivity contribution is 0.102. The van der Waals surface area contributed by atoms with Gasteiger partial charge in [0.2, 0.25) is 20.0 Å². The van der Waals surface area contributed by atoms with Crippen molar-refractivity contribution in [3.05, 3.63) is 54.1 Å². The maximum atomic E-state index is 13.2. The number of piperidine rings is 1. The van der Waals surface area contributed by atoms with Gasteiger partial charge in [0.15, 0.2) is 0 Å². The number of rotatable bonds is 7. The number of nitrogens with zero attached hydrogens (tertiary/aromatic N) is 1. The minimum Gasteiger partial charge on any atom is -0.322 e. The average Bonchev–Trinajstić information content (AvgIpc) is 3.57. The summed E-state index contributed by atoms with van der Waals surface area (Å²) in [4.78, 5) is 13.0. The molecule has 2 aromatic rings. The standard InChI is InChI=1S/C23H29N3O5S2/c1-16-12-17(2)15-26(14-16)33(30,31)22-5-3-4-18(13-22)23(27)24-19-8-10-21(11-9-19)32(28,29)25-20-6-7-20/h3-5,8-11,13,16-17,20,25H,6-7,12,14-15H2,1-2H3,(H,24,27). The van der Waals surface area contributed by atoms with E-state index in [2.05, 4.69) is 10.0 Å². The van der Waals surface area contributed by atoms with Crippen LogP contribution in [-0.2, 0) is 20.0 Å². The van der Waals surface area contributed by atoms with E-state index in [1.807, 2.05) is 13.8 Å². The maximum absolute atomic E-state index is 13.2. The van der Waals surface area contributed by atoms with Crippen LogP contribution in [0.5, 0.6) is 0 Å². The lowest BCUT2D eigenvalue weighted by Crippen LogP contribution is -2.42. The molecule has 2 unspecified atom stereocenters. The van der Waals surface area contributed by atoms with Gasteiger partial charge in [-0.1, -0.05) is 19.9 Å². The van der Waals surface area contributed by atoms with Crippen LogP contribution >= 0.6 is 0 Å². The van der Waals surface area contributed by atoms with Gasteiger partial charge in [-0.3, -0.25) is 4.79 Å². The van der Waals surface area contributed by atoms with Crippen LogP contribution in [0.15, 0.2) is 58.3 Å². The molecule has 1 amide bonds. The second-order valence-electron chi connectivity index (χ2n) is 9.17. The van der Waals surface area contributed by atoms with Crippen LogP contribution in [0.2, 0.25) is 0 Å². The van der Waals surface area contributed by atoms with Crippen molar-refractivity contribution < 1.29 is 21.6 Å². The molecule has 0 spiro atoms. The average molecular weight is 492 g/mol. The lowest BCUT2D eigenvalue weighted by Gasteiger charge is -2.34. The highest BCUT2D eigenvalue weighted by molar-refractivity contribution is 7.89. The zero-order valence-corrected chi connectivity index (χ0v) is 20.3. The Morgan fingerprint density at radius 2 is 1.55 bits per heavy atom. The summed E-state index contributed by atoms with van der Waals surface area (Å²) in [5.41, 5.74) is 0.624. The Labute approximate surface area is 195 Å². The first kappa shape index (κ1) is 23.9. The van der Waals surface area contributed by atoms with Crippen LogP contribution in [0.4, 0.5) is 5.69 Å². The summed E-state index contributed by atoms with van der Waals surface area (Å²) < 4.78 is 55.0. The molecule has 1 heterocycles. The highest BCUT2D eigenvalue weighted by atomic mass is 32.2. The third kappa shape index (κ3) is 5.63. The molecule has 0 bridgehead atoms. The Bertz CT molecular complexity index is 1230. The third-order valence-electron chi connectivity index (χ3n) is 5.89. The number of carbonyl (C=O) groups is 1. The molecular formula is C23H29N3O5S2. The van der Waals surface area contributed by atoms with Gasteiger partial charge in [0.05, 0.1) is 9.79 Å². The van der Waals surface area contributed by atoms with Crippen LogP contribution in [0, 0.1) is 11.8 Å². The minimum absolute atomic E-state index is 0.00861. The normalized spacial score (nSPS) is 22.1. The van der Waals surface area contributed by atoms with Crippen molar-refractivity contribution in [3.63, 3.8) is 0 Å². The first-order chi connectivity index (χ1) is 15.5. The second-order valence-corrected chi connectivity index (χ2v) is 12.8. The summed E-state index contributed by atoms with van der Waals surface area (Å²) in [7, 11) is -7.27. The predicted molar refractivity (Wildman–Crippen MR) is 126 cm³/mol. The Hall–Kier alpha value is -2.27. The molecule has 4 rings (SSSR count). The molecule has 10 heteroatoms. The summed E-state index contributed by atoms with van der Waals surface area (Å²) >= 11 is 0. The van der Waals surface area contributed by atoms with E-state index in [1.165, 1.54) is 40.7 Å². The molecular weight excluding hydrogens is 462 g/mol. The Morgan fingerprint density at radius 3 is 2.15 bits per heavy atom. The van der Waals surface area contributed by atoms with Gasteiger partial charge in [-0.2, -0.15) is 4.31 Å². The summed E-state index contributed by atoms with van der Waals surface area (Å²) in [6.07, 6.45) is 2.68. The largest absolute Gasteiger partial charge is 0.322 e. The fraction of sp³-hybridized carbons (Fsp3) is 0.435. The monoisotopic (exact) mass is 491 g/mol. The SMILES string of the molecule is CC1CC(C)CN(S(=O)(=O)c2cccc(C(=O)Nc3ccc(S(=O)(=O)NC4CC4)cc3)c2)C1. The molecule has 33 heavy (non-hydrogen) atoms. The van der Waals surface area contributed by atoms with Crippen LogP contribution < -0.4 is 10.0 Å². The number of anilines is 1. The third-order valence-corrected chi connectivity index (χ3v) is 9.26. The number of amides is 1. The van der Waals surface area contributed by atoms with Gasteiger partial charge >= 0.3 is 0 Å². The highest BCUT2D eigenvalue weighted by Gasteiger charge is 2.32. The molecule has 1 aliphatic carbocycles. The smallest absolute Gasteiger partial charge is 0.255 e. The molecule has 178 valence electrons. The molecule has 1 saturated carbocycles. The quantitative estimate of drug-likeness (QED) is 0.618. The zero-order chi connectivity index (χ0) is 23.8.